The van der Waals surface area contributed by atoms with Gasteiger partial charge in [-0.25, -0.2) is 4.79 Å². The van der Waals surface area contributed by atoms with Crippen LogP contribution < -0.4 is 4.74 Å². The lowest BCUT2D eigenvalue weighted by molar-refractivity contribution is -0.140. The lowest BCUT2D eigenvalue weighted by Gasteiger charge is -2.07. The predicted octanol–water partition coefficient (Wildman–Crippen LogP) is 6.95. The Morgan fingerprint density at radius 1 is 0.821 bits per heavy atom. The van der Waals surface area contributed by atoms with Crippen LogP contribution in [0.3, 0.4) is 0 Å². The number of fused-ring (bicyclic) bond motifs is 1. The highest BCUT2D eigenvalue weighted by Crippen LogP contribution is 2.28. The number of aryl methyl sites for hydroxylation is 2. The summed E-state index contributed by atoms with van der Waals surface area (Å²) in [4.78, 5) is 24.1. The Balaban J connectivity index is 1.40. The molecule has 1 aromatic heterocycles. The molecule has 0 saturated heterocycles. The Kier molecular flexibility index (Phi) is 9.95. The average molecular weight is 526 g/mol. The molecule has 39 heavy (non-hydrogen) atoms. The first-order valence-electron chi connectivity index (χ1n) is 13.3. The number of esters is 2. The minimum Gasteiger partial charge on any atom is -0.494 e. The molecule has 0 fully saturated rings. The first kappa shape index (κ1) is 27.7. The number of benzene rings is 3. The Hall–Kier alpha value is -4.32. The molecule has 1 heterocycles. The van der Waals surface area contributed by atoms with E-state index in [9.17, 15) is 9.59 Å². The minimum absolute atomic E-state index is 0.247. The maximum absolute atomic E-state index is 12.6. The molecule has 4 rings (SSSR count). The van der Waals surface area contributed by atoms with Crippen molar-refractivity contribution in [2.75, 3.05) is 20.8 Å². The Morgan fingerprint density at radius 3 is 2.36 bits per heavy atom. The molecule has 0 bridgehead atoms. The van der Waals surface area contributed by atoms with Gasteiger partial charge in [0.05, 0.1) is 26.4 Å². The standard InChI is InChI=1S/C33H35NO5/c1-37-31(35)15-9-22-34-24-29(33(36)38-2)32-27(13-8-14-30(32)34)19-16-26-17-20-28(21-18-26)39-23-7-6-12-25-10-4-3-5-11-25/h3-5,8,10-11,13-14,16-21,24H,6-7,9,12,15,22-23H2,1-2H3. The summed E-state index contributed by atoms with van der Waals surface area (Å²) < 4.78 is 17.7. The number of hydrogen-bond acceptors (Lipinski definition) is 5. The molecule has 3 aromatic carbocycles. The summed E-state index contributed by atoms with van der Waals surface area (Å²) in [6.07, 6.45) is 9.92. The minimum atomic E-state index is -0.391. The Bertz CT molecular complexity index is 1400. The van der Waals surface area contributed by atoms with E-state index in [1.54, 1.807) is 6.20 Å². The molecule has 0 aliphatic rings. The van der Waals surface area contributed by atoms with Crippen LogP contribution in [0.5, 0.6) is 5.75 Å². The predicted molar refractivity (Wildman–Crippen MR) is 155 cm³/mol. The molecule has 0 amide bonds. The lowest BCUT2D eigenvalue weighted by atomic mass is 10.0. The number of carbonyl (C=O) groups is 2. The van der Waals surface area contributed by atoms with E-state index >= 15 is 0 Å². The van der Waals surface area contributed by atoms with Crippen molar-refractivity contribution in [3.05, 3.63) is 101 Å². The van der Waals surface area contributed by atoms with E-state index in [-0.39, 0.29) is 5.97 Å². The topological polar surface area (TPSA) is 66.8 Å². The zero-order valence-corrected chi connectivity index (χ0v) is 22.6. The van der Waals surface area contributed by atoms with E-state index in [2.05, 4.69) is 24.3 Å². The quantitative estimate of drug-likeness (QED) is 0.107. The number of carbonyl (C=O) groups excluding carboxylic acids is 2. The summed E-state index contributed by atoms with van der Waals surface area (Å²) >= 11 is 0. The summed E-state index contributed by atoms with van der Waals surface area (Å²) in [5, 5.41) is 0.828. The van der Waals surface area contributed by atoms with Crippen LogP contribution in [0.4, 0.5) is 0 Å². The zero-order valence-electron chi connectivity index (χ0n) is 22.6. The first-order valence-corrected chi connectivity index (χ1v) is 13.3. The molecular formula is C33H35NO5. The molecule has 0 N–H and O–H groups in total. The number of aromatic nitrogens is 1. The number of unbranched alkanes of at least 4 members (excludes halogenated alkanes) is 1. The van der Waals surface area contributed by atoms with Gasteiger partial charge in [0, 0.05) is 30.1 Å². The first-order chi connectivity index (χ1) is 19.1. The van der Waals surface area contributed by atoms with Gasteiger partial charge in [-0.15, -0.1) is 0 Å². The van der Waals surface area contributed by atoms with Gasteiger partial charge in [-0.3, -0.25) is 4.79 Å². The van der Waals surface area contributed by atoms with Crippen LogP contribution in [-0.2, 0) is 27.2 Å². The van der Waals surface area contributed by atoms with Gasteiger partial charge in [0.1, 0.15) is 5.75 Å². The molecule has 0 spiro atoms. The van der Waals surface area contributed by atoms with Crippen molar-refractivity contribution in [2.24, 2.45) is 0 Å². The van der Waals surface area contributed by atoms with Crippen LogP contribution in [0.25, 0.3) is 23.1 Å². The molecule has 0 radical (unpaired) electrons. The second kappa shape index (κ2) is 14.0. The fourth-order valence-corrected chi connectivity index (χ4v) is 4.59. The molecular weight excluding hydrogens is 490 g/mol. The molecule has 0 saturated carbocycles. The monoisotopic (exact) mass is 525 g/mol. The van der Waals surface area contributed by atoms with Crippen molar-refractivity contribution >= 4 is 35.0 Å². The SMILES string of the molecule is COC(=O)CCCn1cc(C(=O)OC)c2c(C=Cc3ccc(OCCCCc4ccccc4)cc3)cccc21. The normalized spacial score (nSPS) is 11.1. The summed E-state index contributed by atoms with van der Waals surface area (Å²) in [7, 11) is 2.77. The summed E-state index contributed by atoms with van der Waals surface area (Å²) in [5.41, 5.74) is 4.72. The van der Waals surface area contributed by atoms with E-state index in [4.69, 9.17) is 14.2 Å². The van der Waals surface area contributed by atoms with Gasteiger partial charge in [0.25, 0.3) is 0 Å². The number of methoxy groups -OCH3 is 2. The van der Waals surface area contributed by atoms with Gasteiger partial charge in [0.2, 0.25) is 0 Å². The highest BCUT2D eigenvalue weighted by molar-refractivity contribution is 6.08. The summed E-state index contributed by atoms with van der Waals surface area (Å²) in [5.74, 6) is 0.214. The van der Waals surface area contributed by atoms with Gasteiger partial charge >= 0.3 is 11.9 Å². The van der Waals surface area contributed by atoms with Crippen molar-refractivity contribution in [3.63, 3.8) is 0 Å². The third-order valence-electron chi connectivity index (χ3n) is 6.66. The van der Waals surface area contributed by atoms with Crippen LogP contribution in [-0.4, -0.2) is 37.3 Å². The van der Waals surface area contributed by atoms with E-state index in [1.165, 1.54) is 19.8 Å². The lowest BCUT2D eigenvalue weighted by Crippen LogP contribution is -2.04. The van der Waals surface area contributed by atoms with Gasteiger partial charge in [0.15, 0.2) is 0 Å². The van der Waals surface area contributed by atoms with Gasteiger partial charge in [-0.1, -0.05) is 66.7 Å². The third-order valence-corrected chi connectivity index (χ3v) is 6.66. The molecule has 6 nitrogen and oxygen atoms in total. The van der Waals surface area contributed by atoms with E-state index in [0.717, 1.165) is 47.0 Å². The van der Waals surface area contributed by atoms with Crippen LogP contribution in [0, 0.1) is 0 Å². The molecule has 4 aromatic rings. The fraction of sp³-hybridized carbons (Fsp3) is 0.273. The molecule has 6 heteroatoms. The van der Waals surface area contributed by atoms with Crippen molar-refractivity contribution in [2.45, 2.75) is 38.6 Å². The molecule has 0 aliphatic heterocycles. The highest BCUT2D eigenvalue weighted by atomic mass is 16.5. The average Bonchev–Trinajstić information content (AvgIpc) is 3.35. The summed E-state index contributed by atoms with van der Waals surface area (Å²) in [6, 6.07) is 24.4. The van der Waals surface area contributed by atoms with Crippen LogP contribution in [0.2, 0.25) is 0 Å². The Labute approximate surface area is 229 Å². The van der Waals surface area contributed by atoms with Gasteiger partial charge in [-0.05, 0) is 60.6 Å². The number of nitrogens with zero attached hydrogens (tertiary/aromatic N) is 1. The van der Waals surface area contributed by atoms with Crippen LogP contribution in [0.1, 0.15) is 52.7 Å². The largest absolute Gasteiger partial charge is 0.494 e. The van der Waals surface area contributed by atoms with Gasteiger partial charge in [-0.2, -0.15) is 0 Å². The summed E-state index contributed by atoms with van der Waals surface area (Å²) in [6.45, 7) is 1.28. The Morgan fingerprint density at radius 2 is 1.62 bits per heavy atom. The fourth-order valence-electron chi connectivity index (χ4n) is 4.59. The molecule has 202 valence electrons. The molecule has 0 unspecified atom stereocenters. The van der Waals surface area contributed by atoms with E-state index in [1.807, 2.05) is 65.3 Å². The van der Waals surface area contributed by atoms with E-state index in [0.29, 0.717) is 31.6 Å². The van der Waals surface area contributed by atoms with Crippen LogP contribution in [0.15, 0.2) is 79.0 Å². The number of rotatable bonds is 13. The second-order valence-corrected chi connectivity index (χ2v) is 9.34. The smallest absolute Gasteiger partial charge is 0.340 e. The number of hydrogen-bond donors (Lipinski definition) is 0. The van der Waals surface area contributed by atoms with E-state index < -0.39 is 5.97 Å². The van der Waals surface area contributed by atoms with Gasteiger partial charge < -0.3 is 18.8 Å². The van der Waals surface area contributed by atoms with Crippen molar-refractivity contribution in [3.8, 4) is 5.75 Å². The van der Waals surface area contributed by atoms with Crippen molar-refractivity contribution < 1.29 is 23.8 Å². The molecule has 0 aliphatic carbocycles. The van der Waals surface area contributed by atoms with Crippen molar-refractivity contribution in [1.82, 2.24) is 4.57 Å². The molecule has 0 atom stereocenters. The maximum Gasteiger partial charge on any atom is 0.340 e. The maximum atomic E-state index is 12.6. The zero-order chi connectivity index (χ0) is 27.5. The van der Waals surface area contributed by atoms with Crippen molar-refractivity contribution in [1.29, 1.82) is 0 Å². The highest BCUT2D eigenvalue weighted by Gasteiger charge is 2.18. The third kappa shape index (κ3) is 7.60. The van der Waals surface area contributed by atoms with Crippen LogP contribution >= 0.6 is 0 Å². The number of ether oxygens (including phenoxy) is 3. The second-order valence-electron chi connectivity index (χ2n) is 9.34.